The number of hydrogen-bond donors (Lipinski definition) is 0. The van der Waals surface area contributed by atoms with Gasteiger partial charge in [0.2, 0.25) is 5.91 Å². The van der Waals surface area contributed by atoms with Crippen LogP contribution in [0, 0.1) is 5.92 Å². The number of ether oxygens (including phenoxy) is 1. The van der Waals surface area contributed by atoms with Crippen LogP contribution in [0.2, 0.25) is 5.02 Å². The van der Waals surface area contributed by atoms with E-state index in [0.717, 1.165) is 42.3 Å². The van der Waals surface area contributed by atoms with Crippen molar-refractivity contribution in [3.63, 3.8) is 0 Å². The molecule has 1 amide bonds. The van der Waals surface area contributed by atoms with E-state index in [-0.39, 0.29) is 11.8 Å². The summed E-state index contributed by atoms with van der Waals surface area (Å²) in [6, 6.07) is 5.55. The van der Waals surface area contributed by atoms with Crippen molar-refractivity contribution in [1.29, 1.82) is 0 Å². The molecular formula is C17H19ClN4O2. The number of aromatic nitrogens is 3. The molecule has 2 aromatic rings. The number of amides is 1. The Bertz CT molecular complexity index is 789. The third-order valence-electron chi connectivity index (χ3n) is 4.72. The van der Waals surface area contributed by atoms with Crippen LogP contribution in [-0.4, -0.2) is 39.2 Å². The van der Waals surface area contributed by atoms with E-state index >= 15 is 0 Å². The molecule has 0 radical (unpaired) electrons. The van der Waals surface area contributed by atoms with Crippen LogP contribution in [0.3, 0.4) is 0 Å². The molecule has 0 aliphatic carbocycles. The SMILES string of the molecule is CN(Cc1nnc2n1CCC2)C(=O)[C@@H]1COc2ccc(Cl)cc2C1. The zero-order valence-electron chi connectivity index (χ0n) is 13.5. The molecule has 0 unspecified atom stereocenters. The predicted octanol–water partition coefficient (Wildman–Crippen LogP) is 2.09. The maximum absolute atomic E-state index is 12.8. The molecule has 1 atom stereocenters. The minimum absolute atomic E-state index is 0.0657. The molecule has 126 valence electrons. The monoisotopic (exact) mass is 346 g/mol. The Kier molecular flexibility index (Phi) is 3.92. The highest BCUT2D eigenvalue weighted by molar-refractivity contribution is 6.30. The van der Waals surface area contributed by atoms with Crippen LogP contribution in [-0.2, 0) is 30.7 Å². The Morgan fingerprint density at radius 1 is 1.46 bits per heavy atom. The summed E-state index contributed by atoms with van der Waals surface area (Å²) in [4.78, 5) is 14.5. The average Bonchev–Trinajstić information content (AvgIpc) is 3.18. The quantitative estimate of drug-likeness (QED) is 0.853. The summed E-state index contributed by atoms with van der Waals surface area (Å²) in [5, 5.41) is 9.08. The largest absolute Gasteiger partial charge is 0.492 e. The van der Waals surface area contributed by atoms with E-state index in [2.05, 4.69) is 14.8 Å². The number of carbonyl (C=O) groups excluding carboxylic acids is 1. The van der Waals surface area contributed by atoms with E-state index in [9.17, 15) is 4.79 Å². The van der Waals surface area contributed by atoms with Gasteiger partial charge in [0.15, 0.2) is 5.82 Å². The Morgan fingerprint density at radius 3 is 3.21 bits per heavy atom. The van der Waals surface area contributed by atoms with Crippen LogP contribution >= 0.6 is 11.6 Å². The number of rotatable bonds is 3. The fourth-order valence-electron chi connectivity index (χ4n) is 3.45. The number of benzene rings is 1. The lowest BCUT2D eigenvalue weighted by molar-refractivity contribution is -0.136. The normalized spacial score (nSPS) is 18.7. The summed E-state index contributed by atoms with van der Waals surface area (Å²) in [6.07, 6.45) is 2.72. The first-order chi connectivity index (χ1) is 11.6. The van der Waals surface area contributed by atoms with Crippen LogP contribution in [0.4, 0.5) is 0 Å². The molecule has 2 aliphatic heterocycles. The van der Waals surface area contributed by atoms with E-state index in [1.807, 2.05) is 19.2 Å². The molecule has 2 aliphatic rings. The molecule has 24 heavy (non-hydrogen) atoms. The van der Waals surface area contributed by atoms with E-state index < -0.39 is 0 Å². The molecular weight excluding hydrogens is 328 g/mol. The first-order valence-electron chi connectivity index (χ1n) is 8.19. The Hall–Kier alpha value is -2.08. The third kappa shape index (κ3) is 2.75. The van der Waals surface area contributed by atoms with Gasteiger partial charge in [0.1, 0.15) is 18.2 Å². The molecule has 0 saturated carbocycles. The number of halogens is 1. The van der Waals surface area contributed by atoms with E-state index in [1.54, 1.807) is 11.0 Å². The van der Waals surface area contributed by atoms with Crippen LogP contribution in [0.5, 0.6) is 5.75 Å². The van der Waals surface area contributed by atoms with Gasteiger partial charge in [-0.1, -0.05) is 11.6 Å². The van der Waals surface area contributed by atoms with Gasteiger partial charge in [-0.05, 0) is 36.6 Å². The highest BCUT2D eigenvalue weighted by Gasteiger charge is 2.29. The fraction of sp³-hybridized carbons (Fsp3) is 0.471. The smallest absolute Gasteiger partial charge is 0.229 e. The minimum Gasteiger partial charge on any atom is -0.492 e. The van der Waals surface area contributed by atoms with Gasteiger partial charge in [0, 0.05) is 25.0 Å². The van der Waals surface area contributed by atoms with Crippen molar-refractivity contribution in [1.82, 2.24) is 19.7 Å². The fourth-order valence-corrected chi connectivity index (χ4v) is 3.65. The molecule has 6 nitrogen and oxygen atoms in total. The standard InChI is InChI=1S/C17H19ClN4O2/c1-21(9-16-20-19-15-3-2-6-22(15)16)17(23)12-7-11-8-13(18)4-5-14(11)24-10-12/h4-5,8,12H,2-3,6-7,9-10H2,1H3/t12-/m0/s1. The van der Waals surface area contributed by atoms with Gasteiger partial charge < -0.3 is 14.2 Å². The topological polar surface area (TPSA) is 60.2 Å². The first kappa shape index (κ1) is 15.4. The molecule has 0 spiro atoms. The molecule has 3 heterocycles. The molecule has 7 heteroatoms. The van der Waals surface area contributed by atoms with Gasteiger partial charge in [-0.15, -0.1) is 10.2 Å². The Morgan fingerprint density at radius 2 is 2.33 bits per heavy atom. The molecule has 0 bridgehead atoms. The number of carbonyl (C=O) groups is 1. The maximum Gasteiger partial charge on any atom is 0.229 e. The second-order valence-electron chi connectivity index (χ2n) is 6.45. The highest BCUT2D eigenvalue weighted by Crippen LogP contribution is 2.30. The molecule has 0 fully saturated rings. The Labute approximate surface area is 145 Å². The molecule has 1 aromatic heterocycles. The summed E-state index contributed by atoms with van der Waals surface area (Å²) in [5.41, 5.74) is 0.990. The lowest BCUT2D eigenvalue weighted by atomic mass is 9.95. The number of aryl methyl sites for hydroxylation is 1. The number of hydrogen-bond acceptors (Lipinski definition) is 4. The van der Waals surface area contributed by atoms with Crippen molar-refractivity contribution in [3.05, 3.63) is 40.4 Å². The number of nitrogens with zero attached hydrogens (tertiary/aromatic N) is 4. The molecule has 4 rings (SSSR count). The average molecular weight is 347 g/mol. The van der Waals surface area contributed by atoms with Crippen molar-refractivity contribution < 1.29 is 9.53 Å². The first-order valence-corrected chi connectivity index (χ1v) is 8.57. The van der Waals surface area contributed by atoms with Crippen LogP contribution in [0.15, 0.2) is 18.2 Å². The van der Waals surface area contributed by atoms with Crippen LogP contribution in [0.1, 0.15) is 23.6 Å². The van der Waals surface area contributed by atoms with Gasteiger partial charge in [-0.3, -0.25) is 4.79 Å². The Balaban J connectivity index is 1.45. The van der Waals surface area contributed by atoms with E-state index in [4.69, 9.17) is 16.3 Å². The van der Waals surface area contributed by atoms with Crippen molar-refractivity contribution in [3.8, 4) is 5.75 Å². The van der Waals surface area contributed by atoms with Crippen molar-refractivity contribution in [2.24, 2.45) is 5.92 Å². The zero-order valence-corrected chi connectivity index (χ0v) is 14.3. The summed E-state index contributed by atoms with van der Waals surface area (Å²) in [5.74, 6) is 2.58. The molecule has 0 N–H and O–H groups in total. The zero-order chi connectivity index (χ0) is 16.7. The van der Waals surface area contributed by atoms with Gasteiger partial charge in [0.25, 0.3) is 0 Å². The van der Waals surface area contributed by atoms with Crippen molar-refractivity contribution in [2.75, 3.05) is 13.7 Å². The second kappa shape index (κ2) is 6.09. The second-order valence-corrected chi connectivity index (χ2v) is 6.88. The van der Waals surface area contributed by atoms with E-state index in [1.165, 1.54) is 0 Å². The van der Waals surface area contributed by atoms with Gasteiger partial charge in [0.05, 0.1) is 12.5 Å². The van der Waals surface area contributed by atoms with Crippen molar-refractivity contribution >= 4 is 17.5 Å². The van der Waals surface area contributed by atoms with Crippen LogP contribution in [0.25, 0.3) is 0 Å². The summed E-state index contributed by atoms with van der Waals surface area (Å²) in [7, 11) is 1.81. The predicted molar refractivity (Wildman–Crippen MR) is 89.0 cm³/mol. The van der Waals surface area contributed by atoms with Crippen molar-refractivity contribution in [2.45, 2.75) is 32.4 Å². The lowest BCUT2D eigenvalue weighted by Crippen LogP contribution is -2.38. The lowest BCUT2D eigenvalue weighted by Gasteiger charge is -2.28. The van der Waals surface area contributed by atoms with E-state index in [0.29, 0.717) is 24.6 Å². The van der Waals surface area contributed by atoms with Gasteiger partial charge >= 0.3 is 0 Å². The van der Waals surface area contributed by atoms with Crippen LogP contribution < -0.4 is 4.74 Å². The maximum atomic E-state index is 12.8. The summed E-state index contributed by atoms with van der Waals surface area (Å²) < 4.78 is 7.85. The minimum atomic E-state index is -0.193. The molecule has 0 saturated heterocycles. The molecule has 1 aromatic carbocycles. The summed E-state index contributed by atoms with van der Waals surface area (Å²) >= 11 is 6.05. The third-order valence-corrected chi connectivity index (χ3v) is 4.95. The highest BCUT2D eigenvalue weighted by atomic mass is 35.5. The van der Waals surface area contributed by atoms with Gasteiger partial charge in [-0.25, -0.2) is 0 Å². The van der Waals surface area contributed by atoms with Gasteiger partial charge in [-0.2, -0.15) is 0 Å². The number of fused-ring (bicyclic) bond motifs is 2. The summed E-state index contributed by atoms with van der Waals surface area (Å²) in [6.45, 7) is 1.82.